The van der Waals surface area contributed by atoms with Crippen LogP contribution in [0.5, 0.6) is 5.75 Å². The Morgan fingerprint density at radius 3 is 3.09 bits per heavy atom. The van der Waals surface area contributed by atoms with Crippen LogP contribution in [0.1, 0.15) is 11.1 Å². The van der Waals surface area contributed by atoms with Gasteiger partial charge in [-0.3, -0.25) is 0 Å². The van der Waals surface area contributed by atoms with E-state index in [2.05, 4.69) is 0 Å². The van der Waals surface area contributed by atoms with Crippen molar-refractivity contribution in [3.63, 3.8) is 0 Å². The molecule has 2 rings (SSSR count). The van der Waals surface area contributed by atoms with Gasteiger partial charge in [0.25, 0.3) is 0 Å². The highest BCUT2D eigenvalue weighted by Crippen LogP contribution is 2.33. The van der Waals surface area contributed by atoms with E-state index in [-0.39, 0.29) is 0 Å². The lowest BCUT2D eigenvalue weighted by Gasteiger charge is -2.04. The zero-order valence-corrected chi connectivity index (χ0v) is 7.11. The van der Waals surface area contributed by atoms with Crippen molar-refractivity contribution in [2.75, 3.05) is 6.61 Å². The predicted octanol–water partition coefficient (Wildman–Crippen LogP) is 2.58. The van der Waals surface area contributed by atoms with Crippen LogP contribution in [0.2, 0.25) is 5.02 Å². The molecule has 0 N–H and O–H groups in total. The molecule has 0 spiro atoms. The molecule has 0 saturated carbocycles. The maximum atomic E-state index is 5.91. The summed E-state index contributed by atoms with van der Waals surface area (Å²) in [6.45, 7) is 2.79. The first-order valence-electron chi connectivity index (χ1n) is 3.70. The summed E-state index contributed by atoms with van der Waals surface area (Å²) in [5.74, 6) is 0.998. The van der Waals surface area contributed by atoms with Crippen molar-refractivity contribution in [1.82, 2.24) is 0 Å². The Labute approximate surface area is 70.9 Å². The number of hydrogen-bond acceptors (Lipinski definition) is 1. The number of hydrogen-bond donors (Lipinski definition) is 0. The van der Waals surface area contributed by atoms with Crippen molar-refractivity contribution >= 4 is 11.6 Å². The summed E-state index contributed by atoms with van der Waals surface area (Å²) in [6.07, 6.45) is 1.02. The van der Waals surface area contributed by atoms with Gasteiger partial charge < -0.3 is 4.74 Å². The molecule has 1 nitrogen and oxygen atoms in total. The summed E-state index contributed by atoms with van der Waals surface area (Å²) in [5.41, 5.74) is 2.36. The third kappa shape index (κ3) is 1.000. The molecule has 0 bridgehead atoms. The molecule has 1 aliphatic heterocycles. The summed E-state index contributed by atoms with van der Waals surface area (Å²) in [7, 11) is 0. The maximum Gasteiger partial charge on any atom is 0.127 e. The predicted molar refractivity (Wildman–Crippen MR) is 45.4 cm³/mol. The molecular formula is C9H9ClO. The van der Waals surface area contributed by atoms with Crippen LogP contribution < -0.4 is 4.74 Å². The van der Waals surface area contributed by atoms with Crippen molar-refractivity contribution in [2.24, 2.45) is 0 Å². The summed E-state index contributed by atoms with van der Waals surface area (Å²) in [5, 5.41) is 0.797. The molecule has 0 fully saturated rings. The fraction of sp³-hybridized carbons (Fsp3) is 0.333. The van der Waals surface area contributed by atoms with Gasteiger partial charge in [0.2, 0.25) is 0 Å². The van der Waals surface area contributed by atoms with Crippen LogP contribution in [-0.4, -0.2) is 6.61 Å². The van der Waals surface area contributed by atoms with Gasteiger partial charge in [-0.25, -0.2) is 0 Å². The molecule has 0 aliphatic carbocycles. The lowest BCUT2D eigenvalue weighted by Crippen LogP contribution is -1.88. The Balaban J connectivity index is 2.62. The highest BCUT2D eigenvalue weighted by atomic mass is 35.5. The van der Waals surface area contributed by atoms with Crippen molar-refractivity contribution in [2.45, 2.75) is 13.3 Å². The second-order valence-electron chi connectivity index (χ2n) is 2.76. The van der Waals surface area contributed by atoms with E-state index in [0.717, 1.165) is 29.4 Å². The third-order valence-corrected chi connectivity index (χ3v) is 2.45. The van der Waals surface area contributed by atoms with Crippen LogP contribution in [-0.2, 0) is 6.42 Å². The first kappa shape index (κ1) is 6.99. The standard InChI is InChI=1S/C9H9ClO/c1-6-8(10)3-2-7-4-5-11-9(6)7/h2-3H,4-5H2,1H3. The van der Waals surface area contributed by atoms with Gasteiger partial charge >= 0.3 is 0 Å². The molecule has 2 heteroatoms. The van der Waals surface area contributed by atoms with Crippen LogP contribution in [0.4, 0.5) is 0 Å². The van der Waals surface area contributed by atoms with E-state index in [9.17, 15) is 0 Å². The number of halogens is 1. The van der Waals surface area contributed by atoms with E-state index in [1.54, 1.807) is 0 Å². The molecule has 58 valence electrons. The van der Waals surface area contributed by atoms with E-state index in [0.29, 0.717) is 0 Å². The highest BCUT2D eigenvalue weighted by Gasteiger charge is 2.15. The van der Waals surface area contributed by atoms with E-state index in [4.69, 9.17) is 16.3 Å². The van der Waals surface area contributed by atoms with Crippen molar-refractivity contribution in [1.29, 1.82) is 0 Å². The Hall–Kier alpha value is -0.690. The molecule has 1 aromatic carbocycles. The van der Waals surface area contributed by atoms with Crippen molar-refractivity contribution in [3.05, 3.63) is 28.3 Å². The fourth-order valence-electron chi connectivity index (χ4n) is 1.38. The topological polar surface area (TPSA) is 9.23 Å². The normalized spacial score (nSPS) is 14.4. The number of benzene rings is 1. The fourth-order valence-corrected chi connectivity index (χ4v) is 1.53. The first-order valence-corrected chi connectivity index (χ1v) is 4.07. The van der Waals surface area contributed by atoms with Crippen LogP contribution in [0.3, 0.4) is 0 Å². The Morgan fingerprint density at radius 1 is 1.45 bits per heavy atom. The molecule has 0 saturated heterocycles. The van der Waals surface area contributed by atoms with Crippen molar-refractivity contribution in [3.8, 4) is 5.75 Å². The number of ether oxygens (including phenoxy) is 1. The molecule has 0 unspecified atom stereocenters. The minimum absolute atomic E-state index is 0.797. The smallest absolute Gasteiger partial charge is 0.127 e. The van der Waals surface area contributed by atoms with Gasteiger partial charge in [-0.15, -0.1) is 0 Å². The zero-order chi connectivity index (χ0) is 7.84. The van der Waals surface area contributed by atoms with Gasteiger partial charge in [-0.05, 0) is 18.6 Å². The number of rotatable bonds is 0. The van der Waals surface area contributed by atoms with Gasteiger partial charge in [0.15, 0.2) is 0 Å². The van der Waals surface area contributed by atoms with Crippen LogP contribution >= 0.6 is 11.6 Å². The molecular weight excluding hydrogens is 160 g/mol. The molecule has 0 radical (unpaired) electrons. The minimum Gasteiger partial charge on any atom is -0.493 e. The Morgan fingerprint density at radius 2 is 2.27 bits per heavy atom. The van der Waals surface area contributed by atoms with Gasteiger partial charge in [0.1, 0.15) is 5.75 Å². The second-order valence-corrected chi connectivity index (χ2v) is 3.17. The van der Waals surface area contributed by atoms with E-state index in [1.807, 2.05) is 19.1 Å². The molecule has 1 aromatic rings. The molecule has 11 heavy (non-hydrogen) atoms. The van der Waals surface area contributed by atoms with E-state index < -0.39 is 0 Å². The monoisotopic (exact) mass is 168 g/mol. The van der Waals surface area contributed by atoms with Gasteiger partial charge in [-0.2, -0.15) is 0 Å². The zero-order valence-electron chi connectivity index (χ0n) is 6.36. The largest absolute Gasteiger partial charge is 0.493 e. The highest BCUT2D eigenvalue weighted by molar-refractivity contribution is 6.31. The van der Waals surface area contributed by atoms with Crippen LogP contribution in [0, 0.1) is 6.92 Å². The van der Waals surface area contributed by atoms with E-state index >= 15 is 0 Å². The molecule has 0 aromatic heterocycles. The average molecular weight is 169 g/mol. The van der Waals surface area contributed by atoms with Gasteiger partial charge in [-0.1, -0.05) is 17.7 Å². The first-order chi connectivity index (χ1) is 5.29. The third-order valence-electron chi connectivity index (χ3n) is 2.04. The SMILES string of the molecule is Cc1c(Cl)ccc2c1OCC2. The average Bonchev–Trinajstić information content (AvgIpc) is 2.45. The summed E-state index contributed by atoms with van der Waals surface area (Å²) < 4.78 is 5.43. The lowest BCUT2D eigenvalue weighted by molar-refractivity contribution is 0.354. The molecule has 1 heterocycles. The minimum atomic E-state index is 0.797. The maximum absolute atomic E-state index is 5.91. The molecule has 0 atom stereocenters. The second kappa shape index (κ2) is 2.42. The molecule has 1 aliphatic rings. The summed E-state index contributed by atoms with van der Waals surface area (Å²) >= 11 is 5.91. The number of fused-ring (bicyclic) bond motifs is 1. The summed E-state index contributed by atoms with van der Waals surface area (Å²) in [6, 6.07) is 3.97. The van der Waals surface area contributed by atoms with Gasteiger partial charge in [0, 0.05) is 17.0 Å². The Kier molecular flexibility index (Phi) is 1.53. The summed E-state index contributed by atoms with van der Waals surface area (Å²) in [4.78, 5) is 0. The molecule has 0 amide bonds. The quantitative estimate of drug-likeness (QED) is 0.579. The van der Waals surface area contributed by atoms with Gasteiger partial charge in [0.05, 0.1) is 6.61 Å². The Bertz CT molecular complexity index is 294. The lowest BCUT2D eigenvalue weighted by atomic mass is 10.1. The van der Waals surface area contributed by atoms with Crippen LogP contribution in [0.25, 0.3) is 0 Å². The van der Waals surface area contributed by atoms with Crippen LogP contribution in [0.15, 0.2) is 12.1 Å². The van der Waals surface area contributed by atoms with E-state index in [1.165, 1.54) is 5.56 Å². The van der Waals surface area contributed by atoms with Crippen molar-refractivity contribution < 1.29 is 4.74 Å².